The molecule has 0 aromatic carbocycles. The molecule has 3 heteroatoms. The molecule has 0 nitrogen and oxygen atoms in total. The summed E-state index contributed by atoms with van der Waals surface area (Å²) in [7, 11) is 0. The van der Waals surface area contributed by atoms with Crippen LogP contribution in [0.15, 0.2) is 22.6 Å². The Morgan fingerprint density at radius 3 is 2.50 bits per heavy atom. The number of rotatable bonds is 1. The van der Waals surface area contributed by atoms with Gasteiger partial charge < -0.3 is 0 Å². The Morgan fingerprint density at radius 2 is 2.30 bits per heavy atom. The smallest absolute Gasteiger partial charge is 0.0822 e. The zero-order valence-corrected chi connectivity index (χ0v) is 7.93. The first-order valence-corrected chi connectivity index (χ1v) is 4.69. The van der Waals surface area contributed by atoms with Crippen molar-refractivity contribution in [2.24, 2.45) is 0 Å². The van der Waals surface area contributed by atoms with Gasteiger partial charge in [0.05, 0.1) is 10.4 Å². The summed E-state index contributed by atoms with van der Waals surface area (Å²) in [5.41, 5.74) is 0. The van der Waals surface area contributed by atoms with Crippen LogP contribution in [0.3, 0.4) is 0 Å². The highest BCUT2D eigenvalue weighted by Crippen LogP contribution is 2.42. The molecule has 2 unspecified atom stereocenters. The van der Waals surface area contributed by atoms with Gasteiger partial charge in [0.1, 0.15) is 0 Å². The molecule has 0 radical (unpaired) electrons. The zero-order chi connectivity index (χ0) is 7.72. The molecule has 56 valence electrons. The van der Waals surface area contributed by atoms with Crippen molar-refractivity contribution in [2.45, 2.75) is 17.6 Å². The summed E-state index contributed by atoms with van der Waals surface area (Å²) in [5.74, 6) is 0. The fourth-order valence-corrected chi connectivity index (χ4v) is 2.61. The minimum Gasteiger partial charge on any atom is -0.120 e. The monoisotopic (exact) mass is 194 g/mol. The van der Waals surface area contributed by atoms with E-state index in [-0.39, 0.29) is 5.38 Å². The summed E-state index contributed by atoms with van der Waals surface area (Å²) >= 11 is 13.5. The molecule has 0 aromatic rings. The Hall–Kier alpha value is 0.410. The van der Waals surface area contributed by atoms with Gasteiger partial charge in [0.15, 0.2) is 0 Å². The van der Waals surface area contributed by atoms with Gasteiger partial charge >= 0.3 is 0 Å². The SMILES string of the molecule is C=CC1=C(Cl)C(Cl)C(C)S1. The third-order valence-corrected chi connectivity index (χ3v) is 4.08. The molecule has 1 aliphatic heterocycles. The van der Waals surface area contributed by atoms with Crippen molar-refractivity contribution in [3.05, 3.63) is 22.6 Å². The predicted molar refractivity (Wildman–Crippen MR) is 49.8 cm³/mol. The lowest BCUT2D eigenvalue weighted by Gasteiger charge is -2.04. The third-order valence-electron chi connectivity index (χ3n) is 1.39. The molecule has 0 amide bonds. The molecule has 1 heterocycles. The van der Waals surface area contributed by atoms with E-state index in [2.05, 4.69) is 13.5 Å². The molecular weight excluding hydrogens is 187 g/mol. The first-order chi connectivity index (χ1) is 4.66. The van der Waals surface area contributed by atoms with E-state index in [4.69, 9.17) is 23.2 Å². The normalized spacial score (nSPS) is 33.1. The van der Waals surface area contributed by atoms with E-state index in [1.807, 2.05) is 0 Å². The number of hydrogen-bond donors (Lipinski definition) is 0. The topological polar surface area (TPSA) is 0 Å². The molecule has 0 saturated carbocycles. The quantitative estimate of drug-likeness (QED) is 0.578. The van der Waals surface area contributed by atoms with E-state index in [0.29, 0.717) is 5.25 Å². The van der Waals surface area contributed by atoms with Crippen molar-refractivity contribution in [1.82, 2.24) is 0 Å². The van der Waals surface area contributed by atoms with Crippen molar-refractivity contribution in [2.75, 3.05) is 0 Å². The summed E-state index contributed by atoms with van der Waals surface area (Å²) in [6.07, 6.45) is 1.76. The van der Waals surface area contributed by atoms with Gasteiger partial charge in [-0.15, -0.1) is 23.4 Å². The Labute approximate surface area is 75.3 Å². The molecule has 0 spiro atoms. The van der Waals surface area contributed by atoms with Crippen LogP contribution >= 0.6 is 35.0 Å². The van der Waals surface area contributed by atoms with Crippen LogP contribution < -0.4 is 0 Å². The fourth-order valence-electron chi connectivity index (χ4n) is 0.804. The molecule has 10 heavy (non-hydrogen) atoms. The van der Waals surface area contributed by atoms with Crippen LogP contribution in [0.1, 0.15) is 6.92 Å². The van der Waals surface area contributed by atoms with Gasteiger partial charge in [0.2, 0.25) is 0 Å². The molecule has 0 N–H and O–H groups in total. The van der Waals surface area contributed by atoms with E-state index in [9.17, 15) is 0 Å². The summed E-state index contributed by atoms with van der Waals surface area (Å²) < 4.78 is 0. The number of hydrogen-bond acceptors (Lipinski definition) is 1. The minimum absolute atomic E-state index is 0.0281. The standard InChI is InChI=1S/C7H8Cl2S/c1-3-5-7(9)6(8)4(2)10-5/h3-4,6H,1H2,2H3. The number of halogens is 2. The van der Waals surface area contributed by atoms with E-state index in [1.54, 1.807) is 17.8 Å². The van der Waals surface area contributed by atoms with Crippen molar-refractivity contribution >= 4 is 35.0 Å². The molecule has 1 aliphatic rings. The van der Waals surface area contributed by atoms with Gasteiger partial charge in [-0.1, -0.05) is 31.2 Å². The first kappa shape index (κ1) is 8.51. The summed E-state index contributed by atoms with van der Waals surface area (Å²) in [6.45, 7) is 5.70. The molecule has 2 atom stereocenters. The Morgan fingerprint density at radius 1 is 1.70 bits per heavy atom. The van der Waals surface area contributed by atoms with E-state index in [0.717, 1.165) is 9.94 Å². The molecule has 1 rings (SSSR count). The largest absolute Gasteiger partial charge is 0.120 e. The zero-order valence-electron chi connectivity index (χ0n) is 5.60. The maximum absolute atomic E-state index is 5.93. The van der Waals surface area contributed by atoms with E-state index in [1.165, 1.54) is 0 Å². The van der Waals surface area contributed by atoms with Crippen LogP contribution in [0.4, 0.5) is 0 Å². The third kappa shape index (κ3) is 1.36. The molecule has 0 saturated heterocycles. The lowest BCUT2D eigenvalue weighted by molar-refractivity contribution is 0.996. The van der Waals surface area contributed by atoms with Gasteiger partial charge in [-0.3, -0.25) is 0 Å². The second-order valence-corrected chi connectivity index (χ2v) is 4.44. The number of thioether (sulfide) groups is 1. The van der Waals surface area contributed by atoms with Crippen molar-refractivity contribution in [1.29, 1.82) is 0 Å². The van der Waals surface area contributed by atoms with Crippen molar-refractivity contribution in [3.8, 4) is 0 Å². The Kier molecular flexibility index (Phi) is 2.73. The average molecular weight is 195 g/mol. The molecule has 0 aromatic heterocycles. The Bertz CT molecular complexity index is 186. The fraction of sp³-hybridized carbons (Fsp3) is 0.429. The second-order valence-electron chi connectivity index (χ2n) is 2.14. The lowest BCUT2D eigenvalue weighted by atomic mass is 10.3. The van der Waals surface area contributed by atoms with Crippen molar-refractivity contribution < 1.29 is 0 Å². The maximum atomic E-state index is 5.93. The van der Waals surface area contributed by atoms with Crippen LogP contribution in [-0.2, 0) is 0 Å². The Balaban J connectivity index is 2.83. The van der Waals surface area contributed by atoms with Gasteiger partial charge in [0.25, 0.3) is 0 Å². The maximum Gasteiger partial charge on any atom is 0.0822 e. The van der Waals surface area contributed by atoms with Crippen LogP contribution in [0.25, 0.3) is 0 Å². The summed E-state index contributed by atoms with van der Waals surface area (Å²) in [5, 5.41) is 1.09. The number of allylic oxidation sites excluding steroid dienone is 2. The van der Waals surface area contributed by atoms with Crippen LogP contribution in [0, 0.1) is 0 Å². The predicted octanol–water partition coefficient (Wildman–Crippen LogP) is 3.37. The van der Waals surface area contributed by atoms with Crippen molar-refractivity contribution in [3.63, 3.8) is 0 Å². The highest BCUT2D eigenvalue weighted by Gasteiger charge is 2.28. The van der Waals surface area contributed by atoms with Crippen LogP contribution in [-0.4, -0.2) is 10.6 Å². The van der Waals surface area contributed by atoms with Gasteiger partial charge in [-0.25, -0.2) is 0 Å². The first-order valence-electron chi connectivity index (χ1n) is 2.99. The summed E-state index contributed by atoms with van der Waals surface area (Å²) in [6, 6.07) is 0. The molecule has 0 bridgehead atoms. The average Bonchev–Trinajstić information content (AvgIpc) is 2.17. The molecular formula is C7H8Cl2S. The molecule has 0 fully saturated rings. The lowest BCUT2D eigenvalue weighted by Crippen LogP contribution is -2.07. The van der Waals surface area contributed by atoms with Gasteiger partial charge in [-0.05, 0) is 0 Å². The highest BCUT2D eigenvalue weighted by atomic mass is 35.5. The number of alkyl halides is 1. The van der Waals surface area contributed by atoms with Gasteiger partial charge in [0, 0.05) is 10.2 Å². The van der Waals surface area contributed by atoms with Crippen LogP contribution in [0.2, 0.25) is 0 Å². The van der Waals surface area contributed by atoms with Gasteiger partial charge in [-0.2, -0.15) is 0 Å². The highest BCUT2D eigenvalue weighted by molar-refractivity contribution is 8.04. The van der Waals surface area contributed by atoms with E-state index >= 15 is 0 Å². The minimum atomic E-state index is -0.0281. The second kappa shape index (κ2) is 3.21. The van der Waals surface area contributed by atoms with Crippen LogP contribution in [0.5, 0.6) is 0 Å². The van der Waals surface area contributed by atoms with E-state index < -0.39 is 0 Å². The molecule has 0 aliphatic carbocycles. The summed E-state index contributed by atoms with van der Waals surface area (Å²) in [4.78, 5) is 1.02.